The fourth-order valence-corrected chi connectivity index (χ4v) is 3.01. The molecule has 2 aromatic rings. The van der Waals surface area contributed by atoms with Crippen molar-refractivity contribution in [2.24, 2.45) is 0 Å². The Morgan fingerprint density at radius 3 is 2.67 bits per heavy atom. The Morgan fingerprint density at radius 2 is 1.96 bits per heavy atom. The molecule has 0 aromatic heterocycles. The first-order valence-electron chi connectivity index (χ1n) is 7.93. The van der Waals surface area contributed by atoms with Gasteiger partial charge in [-0.1, -0.05) is 23.7 Å². The predicted octanol–water partition coefficient (Wildman–Crippen LogP) is 3.90. The first kappa shape index (κ1) is 16.5. The van der Waals surface area contributed by atoms with Crippen LogP contribution in [0.4, 0.5) is 5.69 Å². The number of benzene rings is 2. The van der Waals surface area contributed by atoms with E-state index in [0.29, 0.717) is 35.8 Å². The van der Waals surface area contributed by atoms with Crippen LogP contribution in [-0.4, -0.2) is 24.8 Å². The van der Waals surface area contributed by atoms with Crippen LogP contribution in [0.5, 0.6) is 5.75 Å². The number of amides is 1. The molecule has 0 bridgehead atoms. The average molecular weight is 344 g/mol. The van der Waals surface area contributed by atoms with Gasteiger partial charge in [0.1, 0.15) is 5.75 Å². The smallest absolute Gasteiger partial charge is 0.231 e. The Balaban J connectivity index is 1.78. The first-order chi connectivity index (χ1) is 11.6. The van der Waals surface area contributed by atoms with Crippen molar-refractivity contribution in [3.63, 3.8) is 0 Å². The molecule has 24 heavy (non-hydrogen) atoms. The second-order valence-corrected chi connectivity index (χ2v) is 6.07. The van der Waals surface area contributed by atoms with Gasteiger partial charge in [0.25, 0.3) is 0 Å². The molecular weight excluding hydrogens is 326 g/mol. The lowest BCUT2D eigenvalue weighted by molar-refractivity contribution is -0.118. The summed E-state index contributed by atoms with van der Waals surface area (Å²) < 4.78 is 5.41. The summed E-state index contributed by atoms with van der Waals surface area (Å²) in [4.78, 5) is 26.4. The Labute approximate surface area is 146 Å². The third-order valence-electron chi connectivity index (χ3n) is 4.00. The number of carbonyl (C=O) groups is 2. The molecule has 0 atom stereocenters. The molecule has 0 radical (unpaired) electrons. The molecule has 124 valence electrons. The fraction of sp³-hybridized carbons (Fsp3) is 0.263. The van der Waals surface area contributed by atoms with Crippen molar-refractivity contribution in [1.29, 1.82) is 0 Å². The highest BCUT2D eigenvalue weighted by molar-refractivity contribution is 6.31. The Morgan fingerprint density at radius 1 is 1.21 bits per heavy atom. The molecule has 1 amide bonds. The third kappa shape index (κ3) is 3.44. The maximum atomic E-state index is 12.7. The quantitative estimate of drug-likeness (QED) is 0.845. The maximum absolute atomic E-state index is 12.7. The Bertz CT molecular complexity index is 771. The number of fused-ring (bicyclic) bond motifs is 1. The van der Waals surface area contributed by atoms with Gasteiger partial charge in [0.15, 0.2) is 5.78 Å². The predicted molar refractivity (Wildman–Crippen MR) is 94.1 cm³/mol. The number of hydrogen-bond donors (Lipinski definition) is 0. The van der Waals surface area contributed by atoms with Gasteiger partial charge in [-0.05, 0) is 42.8 Å². The van der Waals surface area contributed by atoms with Crippen LogP contribution < -0.4 is 9.64 Å². The van der Waals surface area contributed by atoms with E-state index in [0.717, 1.165) is 11.3 Å². The number of hydrogen-bond acceptors (Lipinski definition) is 3. The van der Waals surface area contributed by atoms with Gasteiger partial charge in [0.2, 0.25) is 5.91 Å². The number of ketones is 1. The lowest BCUT2D eigenvalue weighted by Crippen LogP contribution is -2.38. The largest absolute Gasteiger partial charge is 0.494 e. The molecule has 0 unspecified atom stereocenters. The van der Waals surface area contributed by atoms with E-state index in [2.05, 4.69) is 0 Å². The van der Waals surface area contributed by atoms with Crippen LogP contribution >= 0.6 is 11.6 Å². The number of halogens is 1. The highest BCUT2D eigenvalue weighted by Gasteiger charge is 2.27. The zero-order valence-corrected chi connectivity index (χ0v) is 14.2. The van der Waals surface area contributed by atoms with Crippen LogP contribution in [0, 0.1) is 0 Å². The number of ether oxygens (including phenoxy) is 1. The molecule has 2 aromatic carbocycles. The van der Waals surface area contributed by atoms with E-state index < -0.39 is 0 Å². The SMILES string of the molecule is CCOc1ccc(CC(=O)N2CCC(=O)c3cc(Cl)ccc32)cc1. The molecule has 3 rings (SSSR count). The summed E-state index contributed by atoms with van der Waals surface area (Å²) in [6.45, 7) is 2.95. The summed E-state index contributed by atoms with van der Waals surface area (Å²) in [6.07, 6.45) is 0.602. The van der Waals surface area contributed by atoms with Gasteiger partial charge >= 0.3 is 0 Å². The summed E-state index contributed by atoms with van der Waals surface area (Å²) >= 11 is 5.97. The van der Waals surface area contributed by atoms with Crippen molar-refractivity contribution < 1.29 is 14.3 Å². The lowest BCUT2D eigenvalue weighted by atomic mass is 9.99. The van der Waals surface area contributed by atoms with Crippen LogP contribution in [0.15, 0.2) is 42.5 Å². The standard InChI is InChI=1S/C19H18ClNO3/c1-2-24-15-6-3-13(4-7-15)11-19(23)21-10-9-18(22)16-12-14(20)5-8-17(16)21/h3-8,12H,2,9-11H2,1H3. The number of nitrogens with zero attached hydrogens (tertiary/aromatic N) is 1. The van der Waals surface area contributed by atoms with Crippen molar-refractivity contribution in [2.75, 3.05) is 18.1 Å². The third-order valence-corrected chi connectivity index (χ3v) is 4.24. The number of rotatable bonds is 4. The topological polar surface area (TPSA) is 46.6 Å². The second-order valence-electron chi connectivity index (χ2n) is 5.63. The lowest BCUT2D eigenvalue weighted by Gasteiger charge is -2.29. The monoisotopic (exact) mass is 343 g/mol. The minimum atomic E-state index is -0.0322. The van der Waals surface area contributed by atoms with E-state index >= 15 is 0 Å². The summed E-state index contributed by atoms with van der Waals surface area (Å²) in [7, 11) is 0. The van der Waals surface area contributed by atoms with Gasteiger partial charge in [0.05, 0.1) is 18.7 Å². The normalized spacial score (nSPS) is 13.6. The molecule has 0 saturated carbocycles. The van der Waals surface area contributed by atoms with Crippen molar-refractivity contribution >= 4 is 29.0 Å². The van der Waals surface area contributed by atoms with E-state index in [4.69, 9.17) is 16.3 Å². The van der Waals surface area contributed by atoms with Crippen molar-refractivity contribution in [3.8, 4) is 5.75 Å². The summed E-state index contributed by atoms with van der Waals surface area (Å²) in [6, 6.07) is 12.6. The molecule has 1 aliphatic rings. The van der Waals surface area contributed by atoms with Crippen molar-refractivity contribution in [3.05, 3.63) is 58.6 Å². The van der Waals surface area contributed by atoms with Gasteiger partial charge in [-0.2, -0.15) is 0 Å². The van der Waals surface area contributed by atoms with Crippen LogP contribution in [0.2, 0.25) is 5.02 Å². The highest BCUT2D eigenvalue weighted by atomic mass is 35.5. The maximum Gasteiger partial charge on any atom is 0.231 e. The van der Waals surface area contributed by atoms with Crippen LogP contribution in [0.3, 0.4) is 0 Å². The van der Waals surface area contributed by atoms with Gasteiger partial charge in [-0.15, -0.1) is 0 Å². The van der Waals surface area contributed by atoms with Gasteiger partial charge in [-0.3, -0.25) is 9.59 Å². The van der Waals surface area contributed by atoms with E-state index in [1.54, 1.807) is 23.1 Å². The van der Waals surface area contributed by atoms with Gasteiger partial charge in [0, 0.05) is 23.6 Å². The van der Waals surface area contributed by atoms with Gasteiger partial charge < -0.3 is 9.64 Å². The van der Waals surface area contributed by atoms with E-state index in [1.807, 2.05) is 31.2 Å². The molecule has 0 spiro atoms. The van der Waals surface area contributed by atoms with Gasteiger partial charge in [-0.25, -0.2) is 0 Å². The minimum Gasteiger partial charge on any atom is -0.494 e. The summed E-state index contributed by atoms with van der Waals surface area (Å²) in [5.74, 6) is 0.783. The molecular formula is C19H18ClNO3. The Kier molecular flexibility index (Phi) is 4.86. The minimum absolute atomic E-state index is 0.0256. The Hall–Kier alpha value is -2.33. The molecule has 0 fully saturated rings. The van der Waals surface area contributed by atoms with Crippen LogP contribution in [-0.2, 0) is 11.2 Å². The van der Waals surface area contributed by atoms with Crippen LogP contribution in [0.25, 0.3) is 0 Å². The van der Waals surface area contributed by atoms with Crippen molar-refractivity contribution in [2.45, 2.75) is 19.8 Å². The van der Waals surface area contributed by atoms with Crippen molar-refractivity contribution in [1.82, 2.24) is 0 Å². The van der Waals surface area contributed by atoms with E-state index in [9.17, 15) is 9.59 Å². The molecule has 0 N–H and O–H groups in total. The highest BCUT2D eigenvalue weighted by Crippen LogP contribution is 2.30. The fourth-order valence-electron chi connectivity index (χ4n) is 2.83. The molecule has 5 heteroatoms. The average Bonchev–Trinajstić information content (AvgIpc) is 2.57. The number of anilines is 1. The zero-order chi connectivity index (χ0) is 17.1. The molecule has 4 nitrogen and oxygen atoms in total. The summed E-state index contributed by atoms with van der Waals surface area (Å²) in [5, 5.41) is 0.503. The van der Waals surface area contributed by atoms with E-state index in [1.165, 1.54) is 0 Å². The van der Waals surface area contributed by atoms with E-state index in [-0.39, 0.29) is 18.1 Å². The number of Topliss-reactive ketones (excluding diaryl/α,β-unsaturated/α-hetero) is 1. The van der Waals surface area contributed by atoms with Crippen LogP contribution in [0.1, 0.15) is 29.3 Å². The number of carbonyl (C=O) groups excluding carboxylic acids is 2. The zero-order valence-electron chi connectivity index (χ0n) is 13.4. The molecule has 1 aliphatic heterocycles. The summed E-state index contributed by atoms with van der Waals surface area (Å²) in [5.41, 5.74) is 2.08. The molecule has 1 heterocycles. The second kappa shape index (κ2) is 7.05. The first-order valence-corrected chi connectivity index (χ1v) is 8.31. The molecule has 0 aliphatic carbocycles. The molecule has 0 saturated heterocycles.